The molecule has 0 spiro atoms. The topological polar surface area (TPSA) is 222 Å². The zero-order valence-electron chi connectivity index (χ0n) is 28.3. The summed E-state index contributed by atoms with van der Waals surface area (Å²) in [6, 6.07) is 19.1. The van der Waals surface area contributed by atoms with Gasteiger partial charge in [-0.1, -0.05) is 59.8 Å². The number of carboxylic acids is 2. The van der Waals surface area contributed by atoms with Gasteiger partial charge in [-0.25, -0.2) is 9.67 Å². The molecule has 0 radical (unpaired) electrons. The summed E-state index contributed by atoms with van der Waals surface area (Å²) in [4.78, 5) is 71.9. The van der Waals surface area contributed by atoms with Gasteiger partial charge < -0.3 is 34.3 Å². The number of ketones is 1. The van der Waals surface area contributed by atoms with E-state index in [1.54, 1.807) is 79.0 Å². The maximum atomic E-state index is 13.1. The average molecular weight is 723 g/mol. The molecule has 52 heavy (non-hydrogen) atoms. The van der Waals surface area contributed by atoms with Gasteiger partial charge in [-0.05, 0) is 48.8 Å². The van der Waals surface area contributed by atoms with E-state index in [9.17, 15) is 34.2 Å². The molecule has 0 aliphatic heterocycles. The van der Waals surface area contributed by atoms with Gasteiger partial charge >= 0.3 is 65.1 Å². The zero-order chi connectivity index (χ0) is 35.5. The van der Waals surface area contributed by atoms with Crippen molar-refractivity contribution in [3.8, 4) is 5.88 Å². The molecule has 0 unspecified atom stereocenters. The normalized spacial score (nSPS) is 11.8. The van der Waals surface area contributed by atoms with Crippen molar-refractivity contribution in [2.45, 2.75) is 31.7 Å². The van der Waals surface area contributed by atoms with Crippen LogP contribution in [-0.2, 0) is 25.5 Å². The molecule has 5 aromatic rings. The fourth-order valence-corrected chi connectivity index (χ4v) is 4.72. The number of hydrogen-bond acceptors (Lipinski definition) is 13. The van der Waals surface area contributed by atoms with E-state index in [1.165, 1.54) is 12.3 Å². The van der Waals surface area contributed by atoms with Crippen LogP contribution in [0.4, 0.5) is 0 Å². The van der Waals surface area contributed by atoms with Crippen molar-refractivity contribution < 1.29 is 98.0 Å². The Morgan fingerprint density at radius 1 is 0.923 bits per heavy atom. The minimum atomic E-state index is -1.65. The number of nitrogens with zero attached hydrogens (tertiary/aromatic N) is 5. The van der Waals surface area contributed by atoms with Gasteiger partial charge in [-0.15, -0.1) is 5.10 Å². The summed E-state index contributed by atoms with van der Waals surface area (Å²) < 4.78 is 11.8. The Hall–Kier alpha value is -4.77. The summed E-state index contributed by atoms with van der Waals surface area (Å²) in [6.07, 6.45) is 5.41. The van der Waals surface area contributed by atoms with E-state index >= 15 is 0 Å². The van der Waals surface area contributed by atoms with E-state index < -0.39 is 42.7 Å². The first kappa shape index (κ1) is 41.6. The van der Waals surface area contributed by atoms with E-state index in [1.807, 2.05) is 6.07 Å². The molecule has 17 heteroatoms. The molecule has 15 nitrogen and oxygen atoms in total. The molecule has 0 aliphatic carbocycles. The first-order chi connectivity index (χ1) is 24.2. The van der Waals surface area contributed by atoms with Crippen LogP contribution in [0.5, 0.6) is 5.88 Å². The largest absolute Gasteiger partial charge is 1.00 e. The second-order valence-corrected chi connectivity index (χ2v) is 10.8. The number of carbonyl (C=O) groups excluding carboxylic acids is 4. The van der Waals surface area contributed by atoms with E-state index in [0.29, 0.717) is 28.1 Å². The molecule has 0 fully saturated rings. The van der Waals surface area contributed by atoms with Crippen molar-refractivity contribution >= 4 is 35.8 Å². The first-order valence-electron chi connectivity index (χ1n) is 15.2. The molecular weight excluding hydrogens is 694 g/mol. The molecular formula is C35H28N6Na2O9. The van der Waals surface area contributed by atoms with Crippen LogP contribution in [0.25, 0.3) is 12.2 Å². The fourth-order valence-electron chi connectivity index (χ4n) is 4.72. The number of ether oxygens (including phenoxy) is 2. The van der Waals surface area contributed by atoms with Gasteiger partial charge in [0.25, 0.3) is 5.56 Å². The number of rotatable bonds is 15. The van der Waals surface area contributed by atoms with E-state index in [2.05, 4.69) is 25.3 Å². The number of aromatic amines is 1. The molecule has 0 aliphatic rings. The fraction of sp³-hybridized carbons (Fsp3) is 0.171. The Morgan fingerprint density at radius 2 is 1.67 bits per heavy atom. The van der Waals surface area contributed by atoms with Crippen molar-refractivity contribution in [3.05, 3.63) is 134 Å². The summed E-state index contributed by atoms with van der Waals surface area (Å²) in [7, 11) is 0. The van der Waals surface area contributed by atoms with E-state index in [0.717, 1.165) is 4.68 Å². The second-order valence-electron chi connectivity index (χ2n) is 10.8. The predicted molar refractivity (Wildman–Crippen MR) is 170 cm³/mol. The van der Waals surface area contributed by atoms with Crippen LogP contribution in [0.1, 0.15) is 58.2 Å². The van der Waals surface area contributed by atoms with Crippen molar-refractivity contribution in [1.29, 1.82) is 0 Å². The minimum absolute atomic E-state index is 0. The Morgan fingerprint density at radius 3 is 2.38 bits per heavy atom. The summed E-state index contributed by atoms with van der Waals surface area (Å²) in [5.74, 6) is -4.11. The van der Waals surface area contributed by atoms with Gasteiger partial charge in [0.05, 0.1) is 23.4 Å². The molecule has 5 rings (SSSR count). The van der Waals surface area contributed by atoms with Gasteiger partial charge in [0.2, 0.25) is 12.7 Å². The zero-order valence-corrected chi connectivity index (χ0v) is 32.3. The maximum Gasteiger partial charge on any atom is 1.00 e. The molecule has 0 saturated carbocycles. The van der Waals surface area contributed by atoms with Crippen molar-refractivity contribution in [2.75, 3.05) is 6.79 Å². The van der Waals surface area contributed by atoms with Crippen LogP contribution >= 0.6 is 0 Å². The number of benzene rings is 2. The van der Waals surface area contributed by atoms with Gasteiger partial charge in [0, 0.05) is 42.3 Å². The second kappa shape index (κ2) is 20.3. The van der Waals surface area contributed by atoms with Crippen LogP contribution in [0, 0.1) is 0 Å². The number of carbonyl (C=O) groups is 4. The summed E-state index contributed by atoms with van der Waals surface area (Å²) in [5.41, 5.74) is 1.76. The Kier molecular flexibility index (Phi) is 16.3. The van der Waals surface area contributed by atoms with Crippen LogP contribution < -0.4 is 90.3 Å². The number of hydrogen-bond donors (Lipinski definition) is 1. The predicted octanol–water partition coefficient (Wildman–Crippen LogP) is -7.01. The maximum absolute atomic E-state index is 13.1. The SMILES string of the molecule is O=C([O-])C[C@@H](C(=O)[O-])n1cc(CCCC(=O)OCOc2n/c(=C\c3cccc(C(=O)c4ccccc4)c3)c(=O)[nH]/c2=C\c2ccccn2)nn1.[Na+].[Na+]. The Bertz CT molecular complexity index is 2200. The van der Waals surface area contributed by atoms with Crippen molar-refractivity contribution in [2.24, 2.45) is 0 Å². The smallest absolute Gasteiger partial charge is 0.550 e. The monoisotopic (exact) mass is 722 g/mol. The minimum Gasteiger partial charge on any atom is -0.550 e. The first-order valence-corrected chi connectivity index (χ1v) is 15.2. The number of aryl methyl sites for hydroxylation is 1. The molecule has 2 aromatic carbocycles. The number of aliphatic carboxylic acids is 2. The van der Waals surface area contributed by atoms with E-state index in [-0.39, 0.29) is 101 Å². The Balaban J connectivity index is 0.00000364. The summed E-state index contributed by atoms with van der Waals surface area (Å²) >= 11 is 0. The quantitative estimate of drug-likeness (QED) is 0.0460. The van der Waals surface area contributed by atoms with Crippen LogP contribution in [0.2, 0.25) is 0 Å². The third-order valence-corrected chi connectivity index (χ3v) is 7.14. The molecule has 3 heterocycles. The molecule has 1 N–H and O–H groups in total. The molecule has 0 bridgehead atoms. The summed E-state index contributed by atoms with van der Waals surface area (Å²) in [5, 5.41) is 29.7. The number of carboxylic acid groups (broad SMARTS) is 2. The molecule has 0 amide bonds. The van der Waals surface area contributed by atoms with Gasteiger partial charge in [-0.2, -0.15) is 0 Å². The van der Waals surface area contributed by atoms with Crippen LogP contribution in [-0.4, -0.2) is 60.4 Å². The molecule has 3 aromatic heterocycles. The van der Waals surface area contributed by atoms with E-state index in [4.69, 9.17) is 9.47 Å². The third-order valence-electron chi connectivity index (χ3n) is 7.14. The van der Waals surface area contributed by atoms with Crippen molar-refractivity contribution in [1.82, 2.24) is 29.9 Å². The molecule has 0 saturated heterocycles. The average Bonchev–Trinajstić information content (AvgIpc) is 3.58. The van der Waals surface area contributed by atoms with Crippen molar-refractivity contribution in [3.63, 3.8) is 0 Å². The number of pyridine rings is 1. The Labute approximate surface area is 340 Å². The van der Waals surface area contributed by atoms with Gasteiger partial charge in [0.1, 0.15) is 10.7 Å². The van der Waals surface area contributed by atoms with Gasteiger partial charge in [-0.3, -0.25) is 19.4 Å². The summed E-state index contributed by atoms with van der Waals surface area (Å²) in [6.45, 7) is -0.547. The standard InChI is InChI=1S/C35H30N6O9.2Na/c42-30(43)19-29(35(47)48)41-20-26(39-40-41)13-7-14-31(44)49-21-50-34-28(18-25-12-4-5-15-36-25)37-33(46)27(38-34)17-22-8-6-11-24(16-22)32(45)23-9-2-1-3-10-23;;/h1-6,8-12,15-18,20,29H,7,13-14,19,21H2,(H,37,46)(H,42,43)(H,47,48);;/q;2*+1/p-2/b27-17-,28-18-;;/t29-;;/m0../s1. The number of aromatic nitrogens is 6. The number of esters is 1. The van der Waals surface area contributed by atoms with Gasteiger partial charge in [0.15, 0.2) is 5.78 Å². The molecule has 1 atom stereocenters. The van der Waals surface area contributed by atoms with Crippen LogP contribution in [0.3, 0.4) is 0 Å². The van der Waals surface area contributed by atoms with Crippen LogP contribution in [0.15, 0.2) is 90.0 Å². The number of H-pyrrole nitrogens is 1. The number of nitrogens with one attached hydrogen (secondary N) is 1. The molecule has 254 valence electrons. The third kappa shape index (κ3) is 11.9.